The topological polar surface area (TPSA) is 14.2 Å². The van der Waals surface area contributed by atoms with Crippen molar-refractivity contribution in [3.8, 4) is 0 Å². The molecule has 4 aromatic carbocycles. The van der Waals surface area contributed by atoms with Crippen molar-refractivity contribution in [2.24, 2.45) is 0 Å². The standard InChI is InChI=1S/C44H48N4/c1-45(2)43-23-21-37(39-13-7-9-15-41(39)43)19-17-35-25-31-47(32-26-35)29-11-5-6-12-30-48-33-27-36(28-34-48)18-20-38-22-24-44(46(3)4)42-16-10-8-14-40(38)42/h7-10,13-28,31-34H,5-6,11-12,29-30H2,1-4H3/q+2. The molecule has 6 aromatic rings. The highest BCUT2D eigenvalue weighted by Crippen LogP contribution is 2.30. The molecular weight excluding hydrogens is 585 g/mol. The molecular formula is C44H48N4+2. The Kier molecular flexibility index (Phi) is 10.6. The number of aryl methyl sites for hydroxylation is 2. The molecule has 0 amide bonds. The van der Waals surface area contributed by atoms with Gasteiger partial charge in [0.15, 0.2) is 24.8 Å². The first-order valence-electron chi connectivity index (χ1n) is 17.2. The summed E-state index contributed by atoms with van der Waals surface area (Å²) < 4.78 is 4.61. The van der Waals surface area contributed by atoms with Crippen LogP contribution in [-0.4, -0.2) is 28.2 Å². The Bertz CT molecular complexity index is 1870. The van der Waals surface area contributed by atoms with Crippen LogP contribution < -0.4 is 18.9 Å². The van der Waals surface area contributed by atoms with E-state index in [2.05, 4.69) is 193 Å². The smallest absolute Gasteiger partial charge is 0.169 e. The van der Waals surface area contributed by atoms with E-state index in [4.69, 9.17) is 0 Å². The third-order valence-electron chi connectivity index (χ3n) is 9.16. The molecule has 0 atom stereocenters. The summed E-state index contributed by atoms with van der Waals surface area (Å²) in [6, 6.07) is 35.0. The maximum Gasteiger partial charge on any atom is 0.169 e. The van der Waals surface area contributed by atoms with Crippen molar-refractivity contribution in [2.75, 3.05) is 38.0 Å². The lowest BCUT2D eigenvalue weighted by Gasteiger charge is -2.16. The summed E-state index contributed by atoms with van der Waals surface area (Å²) in [5.74, 6) is 0. The second-order valence-electron chi connectivity index (χ2n) is 13.0. The van der Waals surface area contributed by atoms with E-state index < -0.39 is 0 Å². The molecule has 0 aliphatic rings. The average Bonchev–Trinajstić information content (AvgIpc) is 3.11. The Hall–Kier alpha value is -5.22. The molecule has 2 heterocycles. The van der Waals surface area contributed by atoms with E-state index in [9.17, 15) is 0 Å². The number of rotatable bonds is 13. The van der Waals surface area contributed by atoms with E-state index >= 15 is 0 Å². The van der Waals surface area contributed by atoms with Gasteiger partial charge in [0.2, 0.25) is 0 Å². The minimum absolute atomic E-state index is 1.06. The van der Waals surface area contributed by atoms with Crippen molar-refractivity contribution in [3.63, 3.8) is 0 Å². The zero-order valence-electron chi connectivity index (χ0n) is 28.9. The van der Waals surface area contributed by atoms with Gasteiger partial charge in [-0.3, -0.25) is 0 Å². The molecule has 4 heteroatoms. The SMILES string of the molecule is CN(C)c1ccc(/C=C/c2cc[n+](CCCCCC[n+]3ccc(/C=C/c4ccc(N(C)C)c5ccccc45)cc3)cc2)c2ccccc12. The number of hydrogen-bond acceptors (Lipinski definition) is 2. The number of hydrogen-bond donors (Lipinski definition) is 0. The van der Waals surface area contributed by atoms with Crippen LogP contribution in [0.4, 0.5) is 11.4 Å². The fraction of sp³-hybridized carbons (Fsp3) is 0.227. The van der Waals surface area contributed by atoms with Gasteiger partial charge in [0, 0.05) is 87.4 Å². The molecule has 0 unspecified atom stereocenters. The molecule has 0 aliphatic carbocycles. The predicted molar refractivity (Wildman–Crippen MR) is 206 cm³/mol. The quantitative estimate of drug-likeness (QED) is 0.0931. The maximum atomic E-state index is 2.30. The number of benzene rings is 4. The van der Waals surface area contributed by atoms with Crippen LogP contribution in [0, 0.1) is 0 Å². The monoisotopic (exact) mass is 632 g/mol. The highest BCUT2D eigenvalue weighted by atomic mass is 15.1. The molecule has 0 fully saturated rings. The minimum Gasteiger partial charge on any atom is -0.377 e. The van der Waals surface area contributed by atoms with E-state index in [1.165, 1.54) is 80.9 Å². The van der Waals surface area contributed by atoms with Crippen LogP contribution in [0.25, 0.3) is 45.8 Å². The summed E-state index contributed by atoms with van der Waals surface area (Å²) in [6.07, 6.45) is 22.6. The number of unbranched alkanes of at least 4 members (excludes halogenated alkanes) is 3. The minimum atomic E-state index is 1.06. The second kappa shape index (κ2) is 15.6. The zero-order chi connectivity index (χ0) is 33.3. The number of anilines is 2. The van der Waals surface area contributed by atoms with Gasteiger partial charge in [-0.25, -0.2) is 9.13 Å². The van der Waals surface area contributed by atoms with E-state index in [0.29, 0.717) is 0 Å². The lowest BCUT2D eigenvalue weighted by Crippen LogP contribution is -2.33. The van der Waals surface area contributed by atoms with Crippen molar-refractivity contribution in [3.05, 3.63) is 144 Å². The molecule has 4 nitrogen and oxygen atoms in total. The molecule has 0 spiro atoms. The molecule has 0 radical (unpaired) electrons. The van der Waals surface area contributed by atoms with Crippen LogP contribution >= 0.6 is 0 Å². The summed E-state index contributed by atoms with van der Waals surface area (Å²) in [5.41, 5.74) is 7.42. The van der Waals surface area contributed by atoms with E-state index in [1.54, 1.807) is 0 Å². The van der Waals surface area contributed by atoms with Crippen LogP contribution in [0.2, 0.25) is 0 Å². The highest BCUT2D eigenvalue weighted by Gasteiger charge is 2.08. The van der Waals surface area contributed by atoms with Gasteiger partial charge in [-0.1, -0.05) is 85.0 Å². The molecule has 2 aromatic heterocycles. The van der Waals surface area contributed by atoms with Gasteiger partial charge in [0.05, 0.1) is 0 Å². The van der Waals surface area contributed by atoms with E-state index in [0.717, 1.165) is 13.1 Å². The van der Waals surface area contributed by atoms with Crippen LogP contribution in [0.15, 0.2) is 122 Å². The molecule has 0 bridgehead atoms. The molecule has 0 N–H and O–H groups in total. The summed E-state index contributed by atoms with van der Waals surface area (Å²) in [7, 11) is 8.40. The largest absolute Gasteiger partial charge is 0.377 e. The Balaban J connectivity index is 0.937. The first-order chi connectivity index (χ1) is 23.5. The molecule has 242 valence electrons. The van der Waals surface area contributed by atoms with Crippen LogP contribution in [0.3, 0.4) is 0 Å². The fourth-order valence-electron chi connectivity index (χ4n) is 6.46. The van der Waals surface area contributed by atoms with Crippen LogP contribution in [-0.2, 0) is 13.1 Å². The first-order valence-corrected chi connectivity index (χ1v) is 17.2. The van der Waals surface area contributed by atoms with Crippen molar-refractivity contribution < 1.29 is 9.13 Å². The van der Waals surface area contributed by atoms with Gasteiger partial charge < -0.3 is 9.80 Å². The molecule has 0 aliphatic heterocycles. The van der Waals surface area contributed by atoms with Crippen molar-refractivity contribution in [1.29, 1.82) is 0 Å². The summed E-state index contributed by atoms with van der Waals surface area (Å²) in [6.45, 7) is 2.12. The molecule has 0 saturated heterocycles. The van der Waals surface area contributed by atoms with Crippen molar-refractivity contribution in [1.82, 2.24) is 0 Å². The predicted octanol–water partition coefficient (Wildman–Crippen LogP) is 9.30. The highest BCUT2D eigenvalue weighted by molar-refractivity contribution is 6.01. The number of aromatic nitrogens is 2. The van der Waals surface area contributed by atoms with E-state index in [1.807, 2.05) is 0 Å². The zero-order valence-corrected chi connectivity index (χ0v) is 28.9. The van der Waals surface area contributed by atoms with Gasteiger partial charge in [0.25, 0.3) is 0 Å². The van der Waals surface area contributed by atoms with Crippen LogP contribution in [0.5, 0.6) is 0 Å². The molecule has 48 heavy (non-hydrogen) atoms. The van der Waals surface area contributed by atoms with Crippen molar-refractivity contribution >= 4 is 57.2 Å². The third-order valence-corrected chi connectivity index (χ3v) is 9.16. The van der Waals surface area contributed by atoms with Gasteiger partial charge in [-0.2, -0.15) is 0 Å². The Morgan fingerprint density at radius 1 is 0.417 bits per heavy atom. The molecule has 6 rings (SSSR count). The summed E-state index contributed by atoms with van der Waals surface area (Å²) >= 11 is 0. The summed E-state index contributed by atoms with van der Waals surface area (Å²) in [4.78, 5) is 4.35. The summed E-state index contributed by atoms with van der Waals surface area (Å²) in [5, 5.41) is 5.13. The van der Waals surface area contributed by atoms with Crippen LogP contribution in [0.1, 0.15) is 47.9 Å². The van der Waals surface area contributed by atoms with Gasteiger partial charge in [-0.05, 0) is 58.0 Å². The number of pyridine rings is 2. The first kappa shape index (κ1) is 32.7. The third kappa shape index (κ3) is 8.01. The van der Waals surface area contributed by atoms with Crippen molar-refractivity contribution in [2.45, 2.75) is 38.8 Å². The second-order valence-corrected chi connectivity index (χ2v) is 13.0. The Morgan fingerprint density at radius 2 is 0.792 bits per heavy atom. The fourth-order valence-corrected chi connectivity index (χ4v) is 6.46. The normalized spacial score (nSPS) is 11.7. The lowest BCUT2D eigenvalue weighted by atomic mass is 10.0. The van der Waals surface area contributed by atoms with Gasteiger partial charge in [-0.15, -0.1) is 0 Å². The average molecular weight is 633 g/mol. The number of fused-ring (bicyclic) bond motifs is 2. The van der Waals surface area contributed by atoms with Gasteiger partial charge in [0.1, 0.15) is 13.1 Å². The van der Waals surface area contributed by atoms with Gasteiger partial charge >= 0.3 is 0 Å². The lowest BCUT2D eigenvalue weighted by molar-refractivity contribution is -0.698. The Labute approximate surface area is 286 Å². The van der Waals surface area contributed by atoms with E-state index in [-0.39, 0.29) is 0 Å². The number of nitrogens with zero attached hydrogens (tertiary/aromatic N) is 4. The maximum absolute atomic E-state index is 2.30. The Morgan fingerprint density at radius 3 is 1.17 bits per heavy atom. The molecule has 0 saturated carbocycles.